The van der Waals surface area contributed by atoms with Crippen LogP contribution >= 0.6 is 0 Å². The molecule has 0 bridgehead atoms. The first-order valence-corrected chi connectivity index (χ1v) is 6.54. The number of rotatable bonds is 5. The lowest BCUT2D eigenvalue weighted by Crippen LogP contribution is -2.29. The third-order valence-electron chi connectivity index (χ3n) is 3.29. The van der Waals surface area contributed by atoms with Crippen molar-refractivity contribution in [3.05, 3.63) is 41.6 Å². The molecule has 7 heteroatoms. The van der Waals surface area contributed by atoms with E-state index in [9.17, 15) is 15.0 Å². The standard InChI is InChI=1S/C15H18N2O5/c1-16-9-12(13(18)15(16)20)14(19)17(22-3)8-10-4-6-11(21-2)7-5-10/h4-7,9,18,20H,8H2,1-3H3. The van der Waals surface area contributed by atoms with Crippen molar-refractivity contribution >= 4 is 5.91 Å². The van der Waals surface area contributed by atoms with Crippen LogP contribution in [0.25, 0.3) is 0 Å². The summed E-state index contributed by atoms with van der Waals surface area (Å²) in [5.41, 5.74) is 0.797. The fraction of sp³-hybridized carbons (Fsp3) is 0.267. The van der Waals surface area contributed by atoms with Gasteiger partial charge in [-0.3, -0.25) is 9.63 Å². The lowest BCUT2D eigenvalue weighted by atomic mass is 10.2. The van der Waals surface area contributed by atoms with Crippen LogP contribution in [-0.2, 0) is 18.4 Å². The lowest BCUT2D eigenvalue weighted by Gasteiger charge is -2.19. The molecular weight excluding hydrogens is 288 g/mol. The minimum Gasteiger partial charge on any atom is -0.503 e. The van der Waals surface area contributed by atoms with Crippen LogP contribution in [0.15, 0.2) is 30.5 Å². The Bertz CT molecular complexity index is 663. The number of benzene rings is 1. The summed E-state index contributed by atoms with van der Waals surface area (Å²) in [6.45, 7) is 0.189. The predicted molar refractivity (Wildman–Crippen MR) is 78.6 cm³/mol. The van der Waals surface area contributed by atoms with Crippen LogP contribution in [0.3, 0.4) is 0 Å². The highest BCUT2D eigenvalue weighted by molar-refractivity contribution is 5.97. The summed E-state index contributed by atoms with van der Waals surface area (Å²) in [4.78, 5) is 17.5. The van der Waals surface area contributed by atoms with Gasteiger partial charge in [-0.1, -0.05) is 12.1 Å². The van der Waals surface area contributed by atoms with Crippen LogP contribution in [0.4, 0.5) is 0 Å². The molecule has 0 fully saturated rings. The maximum Gasteiger partial charge on any atom is 0.283 e. The van der Waals surface area contributed by atoms with Gasteiger partial charge >= 0.3 is 0 Å². The van der Waals surface area contributed by atoms with Gasteiger partial charge in [-0.25, -0.2) is 5.06 Å². The summed E-state index contributed by atoms with van der Waals surface area (Å²) < 4.78 is 6.33. The molecule has 0 atom stereocenters. The van der Waals surface area contributed by atoms with Crippen molar-refractivity contribution in [1.82, 2.24) is 9.63 Å². The number of aromatic hydroxyl groups is 2. The Morgan fingerprint density at radius 1 is 1.23 bits per heavy atom. The fourth-order valence-electron chi connectivity index (χ4n) is 2.01. The van der Waals surface area contributed by atoms with E-state index in [2.05, 4.69) is 0 Å². The quantitative estimate of drug-likeness (QED) is 0.821. The topological polar surface area (TPSA) is 84.2 Å². The number of ether oxygens (including phenoxy) is 1. The zero-order valence-corrected chi connectivity index (χ0v) is 12.6. The summed E-state index contributed by atoms with van der Waals surface area (Å²) in [5, 5.41) is 20.4. The molecule has 0 aliphatic rings. The van der Waals surface area contributed by atoms with Crippen LogP contribution in [-0.4, -0.2) is 40.0 Å². The van der Waals surface area contributed by atoms with Gasteiger partial charge in [0.1, 0.15) is 11.3 Å². The Morgan fingerprint density at radius 3 is 2.32 bits per heavy atom. The number of hydroxylamine groups is 2. The van der Waals surface area contributed by atoms with Gasteiger partial charge < -0.3 is 19.5 Å². The van der Waals surface area contributed by atoms with E-state index >= 15 is 0 Å². The Kier molecular flexibility index (Phi) is 4.57. The van der Waals surface area contributed by atoms with Crippen LogP contribution in [0.2, 0.25) is 0 Å². The highest BCUT2D eigenvalue weighted by Gasteiger charge is 2.24. The van der Waals surface area contributed by atoms with E-state index in [1.807, 2.05) is 0 Å². The van der Waals surface area contributed by atoms with Crippen molar-refractivity contribution < 1.29 is 24.6 Å². The van der Waals surface area contributed by atoms with Gasteiger partial charge in [-0.05, 0) is 17.7 Å². The van der Waals surface area contributed by atoms with Gasteiger partial charge in [0, 0.05) is 13.2 Å². The molecule has 0 saturated heterocycles. The molecular formula is C15H18N2O5. The highest BCUT2D eigenvalue weighted by Crippen LogP contribution is 2.31. The Hall–Kier alpha value is -2.67. The first kappa shape index (κ1) is 15.7. The number of aromatic nitrogens is 1. The number of hydrogen-bond donors (Lipinski definition) is 2. The average Bonchev–Trinajstić information content (AvgIpc) is 2.80. The van der Waals surface area contributed by atoms with E-state index in [4.69, 9.17) is 9.57 Å². The van der Waals surface area contributed by atoms with Gasteiger partial charge in [0.05, 0.1) is 20.8 Å². The third kappa shape index (κ3) is 2.99. The van der Waals surface area contributed by atoms with Gasteiger partial charge in [-0.15, -0.1) is 0 Å². The molecule has 1 aromatic heterocycles. The third-order valence-corrected chi connectivity index (χ3v) is 3.29. The van der Waals surface area contributed by atoms with E-state index < -0.39 is 11.7 Å². The van der Waals surface area contributed by atoms with E-state index in [0.29, 0.717) is 5.75 Å². The number of amides is 1. The van der Waals surface area contributed by atoms with Crippen LogP contribution in [0, 0.1) is 0 Å². The molecule has 1 amide bonds. The van der Waals surface area contributed by atoms with E-state index in [1.54, 1.807) is 31.4 Å². The fourth-order valence-corrected chi connectivity index (χ4v) is 2.01. The minimum atomic E-state index is -0.549. The van der Waals surface area contributed by atoms with Gasteiger partial charge in [0.15, 0.2) is 5.75 Å². The number of aryl methyl sites for hydroxylation is 1. The van der Waals surface area contributed by atoms with Gasteiger partial charge in [0.25, 0.3) is 5.91 Å². The second kappa shape index (κ2) is 6.40. The Labute approximate surface area is 127 Å². The van der Waals surface area contributed by atoms with Gasteiger partial charge in [0.2, 0.25) is 5.88 Å². The van der Waals surface area contributed by atoms with E-state index in [1.165, 1.54) is 24.9 Å². The van der Waals surface area contributed by atoms with Crippen molar-refractivity contribution in [2.45, 2.75) is 6.54 Å². The molecule has 2 rings (SSSR count). The molecule has 0 unspecified atom stereocenters. The van der Waals surface area contributed by atoms with Gasteiger partial charge in [-0.2, -0.15) is 0 Å². The molecule has 0 aliphatic heterocycles. The first-order valence-electron chi connectivity index (χ1n) is 6.54. The molecule has 0 saturated carbocycles. The maximum absolute atomic E-state index is 12.4. The molecule has 0 radical (unpaired) electrons. The van der Waals surface area contributed by atoms with Crippen LogP contribution < -0.4 is 4.74 Å². The summed E-state index contributed by atoms with van der Waals surface area (Å²) in [7, 11) is 4.46. The van der Waals surface area contributed by atoms with Crippen molar-refractivity contribution in [3.63, 3.8) is 0 Å². The lowest BCUT2D eigenvalue weighted by molar-refractivity contribution is -0.102. The first-order chi connectivity index (χ1) is 10.5. The molecule has 0 spiro atoms. The van der Waals surface area contributed by atoms with Crippen molar-refractivity contribution in [1.29, 1.82) is 0 Å². The van der Waals surface area contributed by atoms with Crippen LogP contribution in [0.5, 0.6) is 17.4 Å². The number of nitrogens with zero attached hydrogens (tertiary/aromatic N) is 2. The van der Waals surface area contributed by atoms with E-state index in [-0.39, 0.29) is 18.0 Å². The largest absolute Gasteiger partial charge is 0.503 e. The van der Waals surface area contributed by atoms with Crippen molar-refractivity contribution in [2.24, 2.45) is 7.05 Å². The molecule has 1 aromatic carbocycles. The summed E-state index contributed by atoms with van der Waals surface area (Å²) in [5.74, 6) is -0.676. The number of carbonyl (C=O) groups is 1. The Balaban J connectivity index is 2.19. The van der Waals surface area contributed by atoms with Crippen molar-refractivity contribution in [3.8, 4) is 17.4 Å². The summed E-state index contributed by atoms with van der Waals surface area (Å²) in [6.07, 6.45) is 1.34. The predicted octanol–water partition coefficient (Wildman–Crippen LogP) is 1.65. The second-order valence-electron chi connectivity index (χ2n) is 4.70. The zero-order chi connectivity index (χ0) is 16.3. The molecule has 2 aromatic rings. The highest BCUT2D eigenvalue weighted by atomic mass is 16.7. The molecule has 22 heavy (non-hydrogen) atoms. The summed E-state index contributed by atoms with van der Waals surface area (Å²) >= 11 is 0. The van der Waals surface area contributed by atoms with Crippen LogP contribution in [0.1, 0.15) is 15.9 Å². The molecule has 0 aliphatic carbocycles. The normalized spacial score (nSPS) is 10.5. The molecule has 7 nitrogen and oxygen atoms in total. The monoisotopic (exact) mass is 306 g/mol. The van der Waals surface area contributed by atoms with E-state index in [0.717, 1.165) is 10.6 Å². The maximum atomic E-state index is 12.4. The number of hydrogen-bond acceptors (Lipinski definition) is 5. The van der Waals surface area contributed by atoms with Crippen molar-refractivity contribution in [2.75, 3.05) is 14.2 Å². The molecule has 1 heterocycles. The minimum absolute atomic E-state index is 0.0321. The smallest absolute Gasteiger partial charge is 0.283 e. The SMILES string of the molecule is COc1ccc(CN(OC)C(=O)c2cn(C)c(O)c2O)cc1. The average molecular weight is 306 g/mol. The Morgan fingerprint density at radius 2 is 1.86 bits per heavy atom. The zero-order valence-electron chi connectivity index (χ0n) is 12.6. The second-order valence-corrected chi connectivity index (χ2v) is 4.70. The molecule has 2 N–H and O–H groups in total. The number of methoxy groups -OCH3 is 1. The molecule has 118 valence electrons. The summed E-state index contributed by atoms with van der Waals surface area (Å²) in [6, 6.07) is 7.17. The number of carbonyl (C=O) groups excluding carboxylic acids is 1.